The molecule has 8 nitrogen and oxygen atoms in total. The van der Waals surface area contributed by atoms with E-state index in [1.807, 2.05) is 26.2 Å². The van der Waals surface area contributed by atoms with Gasteiger partial charge in [-0.05, 0) is 92.3 Å². The van der Waals surface area contributed by atoms with Crippen LogP contribution in [0.3, 0.4) is 0 Å². The Hall–Kier alpha value is -3.90. The summed E-state index contributed by atoms with van der Waals surface area (Å²) in [5, 5.41) is 4.37. The molecule has 4 aliphatic rings. The smallest absolute Gasteiger partial charge is 0.417 e. The minimum Gasteiger partial charge on any atom is -0.593 e. The number of anilines is 1. The fourth-order valence-corrected chi connectivity index (χ4v) is 8.18. The van der Waals surface area contributed by atoms with Crippen LogP contribution in [0.15, 0.2) is 47.3 Å². The van der Waals surface area contributed by atoms with E-state index in [-0.39, 0.29) is 21.6 Å². The van der Waals surface area contributed by atoms with Gasteiger partial charge in [0.1, 0.15) is 22.4 Å². The van der Waals surface area contributed by atoms with Gasteiger partial charge in [-0.2, -0.15) is 17.9 Å². The molecule has 1 aromatic carbocycles. The lowest BCUT2D eigenvalue weighted by Gasteiger charge is -2.47. The summed E-state index contributed by atoms with van der Waals surface area (Å²) in [5.41, 5.74) is 5.96. The number of benzene rings is 1. The van der Waals surface area contributed by atoms with Crippen molar-refractivity contribution < 1.29 is 27.0 Å². The maximum Gasteiger partial charge on any atom is 0.417 e. The lowest BCUT2D eigenvalue weighted by Crippen LogP contribution is -2.42. The van der Waals surface area contributed by atoms with Crippen LogP contribution in [0.25, 0.3) is 27.7 Å². The van der Waals surface area contributed by atoms with E-state index < -0.39 is 34.7 Å². The fourth-order valence-electron chi connectivity index (χ4n) is 7.16. The van der Waals surface area contributed by atoms with Crippen molar-refractivity contribution in [3.05, 3.63) is 76.4 Å². The third-order valence-electron chi connectivity index (χ3n) is 10.0. The largest absolute Gasteiger partial charge is 0.593 e. The number of hydrogen-bond donors (Lipinski definition) is 1. The average Bonchev–Trinajstić information content (AvgIpc) is 3.96. The quantitative estimate of drug-likeness (QED) is 0.205. The first kappa shape index (κ1) is 30.4. The van der Waals surface area contributed by atoms with Crippen molar-refractivity contribution in [2.24, 2.45) is 5.41 Å². The molecule has 12 heteroatoms. The minimum absolute atomic E-state index is 0.0296. The van der Waals surface area contributed by atoms with Crippen molar-refractivity contribution in [2.45, 2.75) is 76.1 Å². The number of carbonyl (C=O) groups is 1. The van der Waals surface area contributed by atoms with E-state index in [9.17, 15) is 22.5 Å². The summed E-state index contributed by atoms with van der Waals surface area (Å²) in [6.45, 7) is 5.50. The van der Waals surface area contributed by atoms with Crippen molar-refractivity contribution in [3.8, 4) is 11.3 Å². The zero-order valence-electron chi connectivity index (χ0n) is 26.1. The third kappa shape index (κ3) is 5.58. The number of rotatable bonds is 7. The van der Waals surface area contributed by atoms with Crippen LogP contribution >= 0.6 is 0 Å². The number of fused-ring (bicyclic) bond motifs is 1. The molecular weight excluding hydrogens is 627 g/mol. The van der Waals surface area contributed by atoms with Crippen molar-refractivity contribution in [1.82, 2.24) is 19.8 Å². The van der Waals surface area contributed by atoms with E-state index in [1.165, 1.54) is 17.7 Å². The molecule has 2 saturated carbocycles. The first-order valence-electron chi connectivity index (χ1n) is 16.1. The Morgan fingerprint density at radius 1 is 1.06 bits per heavy atom. The van der Waals surface area contributed by atoms with Crippen LogP contribution in [0.4, 0.5) is 18.9 Å². The van der Waals surface area contributed by atoms with Gasteiger partial charge in [-0.15, -0.1) is 0 Å². The van der Waals surface area contributed by atoms with Gasteiger partial charge in [0.25, 0.3) is 0 Å². The summed E-state index contributed by atoms with van der Waals surface area (Å²) >= 11 is -1.63. The molecule has 4 aromatic rings. The van der Waals surface area contributed by atoms with Crippen molar-refractivity contribution in [2.75, 3.05) is 18.0 Å². The number of nitrogens with zero attached hydrogens (tertiary/aromatic N) is 4. The standard InChI is InChI=1S/C35H34F3N5O3S/c1-19-17-39-18-20(2)29(19)31-30(32(46-41-31)21-3-4-21)22-15-34(16-22)9-11-43(12-10-34)23-5-8-27-25(13-23)26(35(36,37)38)14-28(40-27)33(44)42-47(45)24-6-7-24/h5,8,13-15,17-18,21,24H,3-4,6-7,9-12,16H2,1-2H3,(H,42,44). The molecule has 1 atom stereocenters. The summed E-state index contributed by atoms with van der Waals surface area (Å²) in [6.07, 6.45) is 7.73. The summed E-state index contributed by atoms with van der Waals surface area (Å²) in [4.78, 5) is 23.3. The Balaban J connectivity index is 1.03. The van der Waals surface area contributed by atoms with Gasteiger partial charge in [0, 0.05) is 66.4 Å². The van der Waals surface area contributed by atoms with Crippen molar-refractivity contribution >= 4 is 39.4 Å². The van der Waals surface area contributed by atoms with E-state index >= 15 is 0 Å². The fraction of sp³-hybridized carbons (Fsp3) is 0.429. The highest BCUT2D eigenvalue weighted by molar-refractivity contribution is 7.91. The van der Waals surface area contributed by atoms with Crippen LogP contribution in [0.1, 0.15) is 89.4 Å². The Morgan fingerprint density at radius 2 is 1.77 bits per heavy atom. The van der Waals surface area contributed by atoms with Crippen LogP contribution in [0.2, 0.25) is 0 Å². The number of aromatic nitrogens is 3. The molecule has 8 rings (SSSR count). The molecule has 1 unspecified atom stereocenters. The molecule has 1 spiro atoms. The molecule has 3 fully saturated rings. The highest BCUT2D eigenvalue weighted by atomic mass is 32.2. The number of alkyl halides is 3. The molecule has 3 aliphatic carbocycles. The lowest BCUT2D eigenvalue weighted by atomic mass is 9.63. The highest BCUT2D eigenvalue weighted by Gasteiger charge is 2.44. The number of aryl methyl sites for hydroxylation is 2. The van der Waals surface area contributed by atoms with E-state index in [4.69, 9.17) is 4.52 Å². The molecule has 1 N–H and O–H groups in total. The molecule has 1 aliphatic heterocycles. The first-order chi connectivity index (χ1) is 22.5. The van der Waals surface area contributed by atoms with E-state index in [0.29, 0.717) is 24.7 Å². The van der Waals surface area contributed by atoms with Gasteiger partial charge in [-0.1, -0.05) is 11.2 Å². The second-order valence-corrected chi connectivity index (χ2v) is 15.0. The predicted molar refractivity (Wildman–Crippen MR) is 173 cm³/mol. The van der Waals surface area contributed by atoms with E-state index in [2.05, 4.69) is 30.8 Å². The highest BCUT2D eigenvalue weighted by Crippen LogP contribution is 2.56. The minimum atomic E-state index is -4.70. The molecule has 4 heterocycles. The summed E-state index contributed by atoms with van der Waals surface area (Å²) in [5.74, 6) is 0.528. The maximum absolute atomic E-state index is 14.3. The molecule has 0 bridgehead atoms. The normalized spacial score (nSPS) is 19.9. The molecule has 47 heavy (non-hydrogen) atoms. The number of carbonyl (C=O) groups excluding carboxylic acids is 1. The molecule has 0 radical (unpaired) electrons. The summed E-state index contributed by atoms with van der Waals surface area (Å²) in [7, 11) is 0. The van der Waals surface area contributed by atoms with Crippen LogP contribution in [-0.2, 0) is 17.5 Å². The monoisotopic (exact) mass is 661 g/mol. The third-order valence-corrected chi connectivity index (χ3v) is 11.5. The molecule has 1 saturated heterocycles. The Labute approximate surface area is 273 Å². The number of amides is 1. The lowest BCUT2D eigenvalue weighted by molar-refractivity contribution is -0.136. The van der Waals surface area contributed by atoms with Gasteiger partial charge in [0.05, 0.1) is 22.4 Å². The number of hydrogen-bond acceptors (Lipinski definition) is 7. The van der Waals surface area contributed by atoms with Crippen molar-refractivity contribution in [1.29, 1.82) is 0 Å². The zero-order valence-corrected chi connectivity index (χ0v) is 26.9. The second kappa shape index (κ2) is 11.1. The van der Waals surface area contributed by atoms with Gasteiger partial charge < -0.3 is 14.0 Å². The molecule has 1 amide bonds. The SMILES string of the molecule is Cc1cncc(C)c1-c1noc(C2CC2)c1C1=CC2(CCN(c3ccc4nc(C(=O)N[S+]([O-])C5CC5)cc(C(F)(F)F)c4c3)CC2)C1. The van der Waals surface area contributed by atoms with Gasteiger partial charge >= 0.3 is 12.1 Å². The van der Waals surface area contributed by atoms with E-state index in [0.717, 1.165) is 84.7 Å². The van der Waals surface area contributed by atoms with Crippen LogP contribution < -0.4 is 9.62 Å². The van der Waals surface area contributed by atoms with E-state index in [1.54, 1.807) is 6.07 Å². The van der Waals surface area contributed by atoms with Gasteiger partial charge in [0.15, 0.2) is 0 Å². The Kier molecular flexibility index (Phi) is 7.18. The second-order valence-electron chi connectivity index (χ2n) is 13.6. The summed E-state index contributed by atoms with van der Waals surface area (Å²) in [6, 6.07) is 5.60. The van der Waals surface area contributed by atoms with Gasteiger partial charge in [0.2, 0.25) is 0 Å². The van der Waals surface area contributed by atoms with Gasteiger partial charge in [-0.25, -0.2) is 4.98 Å². The molecular formula is C35H34F3N5O3S. The Bertz CT molecular complexity index is 1920. The summed E-state index contributed by atoms with van der Waals surface area (Å²) < 4.78 is 63.2. The Morgan fingerprint density at radius 3 is 2.40 bits per heavy atom. The number of pyridine rings is 2. The van der Waals surface area contributed by atoms with Crippen LogP contribution in [-0.4, -0.2) is 43.9 Å². The average molecular weight is 662 g/mol. The number of allylic oxidation sites excluding steroid dienone is 2. The molecule has 3 aromatic heterocycles. The topological polar surface area (TPSA) is 107 Å². The zero-order chi connectivity index (χ0) is 32.7. The predicted octanol–water partition coefficient (Wildman–Crippen LogP) is 7.43. The number of nitrogens with one attached hydrogen (secondary N) is 1. The number of piperidine rings is 1. The molecule has 244 valence electrons. The number of halogens is 3. The van der Waals surface area contributed by atoms with Gasteiger partial charge in [-0.3, -0.25) is 9.78 Å². The van der Waals surface area contributed by atoms with Crippen LogP contribution in [0.5, 0.6) is 0 Å². The maximum atomic E-state index is 14.3. The van der Waals surface area contributed by atoms with Crippen LogP contribution in [0, 0.1) is 19.3 Å². The van der Waals surface area contributed by atoms with Crippen molar-refractivity contribution in [3.63, 3.8) is 0 Å². The first-order valence-corrected chi connectivity index (χ1v) is 17.3.